The van der Waals surface area contributed by atoms with Crippen LogP contribution < -0.4 is 4.90 Å². The Morgan fingerprint density at radius 1 is 0.833 bits per heavy atom. The number of nitrogens with zero attached hydrogens (tertiary/aromatic N) is 1. The highest BCUT2D eigenvalue weighted by Crippen LogP contribution is 2.63. The highest BCUT2D eigenvalue weighted by Gasteiger charge is 2.63. The zero-order valence-electron chi connectivity index (χ0n) is 17.2. The van der Waals surface area contributed by atoms with E-state index in [4.69, 9.17) is 11.6 Å². The van der Waals surface area contributed by atoms with Crippen LogP contribution in [0.5, 0.6) is 0 Å². The van der Waals surface area contributed by atoms with Gasteiger partial charge in [-0.2, -0.15) is 0 Å². The van der Waals surface area contributed by atoms with Crippen molar-refractivity contribution in [3.05, 3.63) is 52.1 Å². The topological polar surface area (TPSA) is 37.4 Å². The van der Waals surface area contributed by atoms with Crippen molar-refractivity contribution in [3.8, 4) is 0 Å². The molecule has 2 amide bonds. The molecule has 7 aliphatic rings. The molecular weight excluding hydrogens is 394 g/mol. The number of halogens is 1. The van der Waals surface area contributed by atoms with E-state index in [1.807, 2.05) is 19.1 Å². The van der Waals surface area contributed by atoms with Gasteiger partial charge in [0.25, 0.3) is 0 Å². The fraction of sp³-hybridized carbons (Fsp3) is 0.538. The average Bonchev–Trinajstić information content (AvgIpc) is 3.33. The van der Waals surface area contributed by atoms with Gasteiger partial charge < -0.3 is 0 Å². The summed E-state index contributed by atoms with van der Waals surface area (Å²) in [7, 11) is 0. The number of amides is 2. The van der Waals surface area contributed by atoms with Crippen LogP contribution in [-0.2, 0) is 9.59 Å². The van der Waals surface area contributed by atoms with Crippen molar-refractivity contribution < 1.29 is 9.59 Å². The molecular formula is C26H26ClNO2. The molecule has 1 heterocycles. The van der Waals surface area contributed by atoms with Crippen molar-refractivity contribution >= 4 is 29.1 Å². The number of anilines is 1. The maximum Gasteiger partial charge on any atom is 0.238 e. The second-order valence-electron chi connectivity index (χ2n) is 10.6. The predicted molar refractivity (Wildman–Crippen MR) is 116 cm³/mol. The Hall–Kier alpha value is -1.87. The van der Waals surface area contributed by atoms with Crippen molar-refractivity contribution in [3.63, 3.8) is 0 Å². The molecule has 1 aromatic carbocycles. The van der Waals surface area contributed by atoms with Gasteiger partial charge in [-0.25, -0.2) is 4.90 Å². The van der Waals surface area contributed by atoms with E-state index in [0.717, 1.165) is 29.2 Å². The minimum absolute atomic E-state index is 0.0244. The quantitative estimate of drug-likeness (QED) is 0.456. The first kappa shape index (κ1) is 17.8. The van der Waals surface area contributed by atoms with Gasteiger partial charge in [-0.3, -0.25) is 9.59 Å². The van der Waals surface area contributed by atoms with Crippen LogP contribution in [0.2, 0.25) is 5.02 Å². The minimum Gasteiger partial charge on any atom is -0.274 e. The minimum atomic E-state index is -0.215. The lowest BCUT2D eigenvalue weighted by Gasteiger charge is -2.52. The zero-order chi connectivity index (χ0) is 20.3. The molecule has 0 spiro atoms. The van der Waals surface area contributed by atoms with Crippen LogP contribution in [0.1, 0.15) is 37.7 Å². The first-order valence-electron chi connectivity index (χ1n) is 11.6. The van der Waals surface area contributed by atoms with E-state index >= 15 is 0 Å². The van der Waals surface area contributed by atoms with E-state index in [1.165, 1.54) is 42.6 Å². The summed E-state index contributed by atoms with van der Waals surface area (Å²) in [4.78, 5) is 28.5. The first-order chi connectivity index (χ1) is 14.5. The number of benzene rings is 1. The number of aryl methyl sites for hydroxylation is 1. The van der Waals surface area contributed by atoms with Crippen LogP contribution >= 0.6 is 11.6 Å². The number of rotatable bonds is 1. The van der Waals surface area contributed by atoms with Gasteiger partial charge in [0.1, 0.15) is 0 Å². The summed E-state index contributed by atoms with van der Waals surface area (Å²) in [6.07, 6.45) is 11.3. The summed E-state index contributed by atoms with van der Waals surface area (Å²) in [6, 6.07) is 5.51. The van der Waals surface area contributed by atoms with E-state index in [9.17, 15) is 9.59 Å². The normalized spacial score (nSPS) is 42.8. The zero-order valence-corrected chi connectivity index (χ0v) is 17.9. The summed E-state index contributed by atoms with van der Waals surface area (Å²) >= 11 is 6.30. The molecule has 0 N–H and O–H groups in total. The number of imide groups is 1. The molecule has 0 unspecified atom stereocenters. The average molecular weight is 420 g/mol. The first-order valence-corrected chi connectivity index (χ1v) is 11.9. The molecule has 8 rings (SSSR count). The van der Waals surface area contributed by atoms with Gasteiger partial charge in [0.15, 0.2) is 0 Å². The van der Waals surface area contributed by atoms with Crippen LogP contribution in [0.4, 0.5) is 5.69 Å². The maximum absolute atomic E-state index is 13.5. The number of hydrogen-bond donors (Lipinski definition) is 0. The van der Waals surface area contributed by atoms with Gasteiger partial charge in [-0.05, 0) is 80.4 Å². The number of carbonyl (C=O) groups is 2. The highest BCUT2D eigenvalue weighted by atomic mass is 35.5. The molecule has 1 saturated heterocycles. The third-order valence-electron chi connectivity index (χ3n) is 9.18. The molecule has 30 heavy (non-hydrogen) atoms. The van der Waals surface area contributed by atoms with Gasteiger partial charge in [0.05, 0.1) is 17.5 Å². The Morgan fingerprint density at radius 3 is 1.93 bits per heavy atom. The Bertz CT molecular complexity index is 1000. The SMILES string of the molecule is Cc1ccc(N2C(=O)[C@@H]3[C@H](C2=O)[C@H]2C=C[C@H]3C2=C2C3CC4CC(C3)CC2C4)cc1Cl. The Balaban J connectivity index is 1.28. The monoisotopic (exact) mass is 419 g/mol. The molecule has 1 aliphatic heterocycles. The highest BCUT2D eigenvalue weighted by molar-refractivity contribution is 6.32. The van der Waals surface area contributed by atoms with E-state index in [1.54, 1.807) is 11.6 Å². The smallest absolute Gasteiger partial charge is 0.238 e. The van der Waals surface area contributed by atoms with Crippen LogP contribution in [0.3, 0.4) is 0 Å². The van der Waals surface area contributed by atoms with Crippen LogP contribution in [0.25, 0.3) is 0 Å². The fourth-order valence-corrected chi connectivity index (χ4v) is 8.46. The van der Waals surface area contributed by atoms with Crippen molar-refractivity contribution in [2.75, 3.05) is 4.90 Å². The van der Waals surface area contributed by atoms with Crippen LogP contribution in [-0.4, -0.2) is 11.8 Å². The number of allylic oxidation sites excluding steroid dienone is 4. The Morgan fingerprint density at radius 2 is 1.40 bits per heavy atom. The second-order valence-corrected chi connectivity index (χ2v) is 11.1. The van der Waals surface area contributed by atoms with Gasteiger partial charge in [-0.15, -0.1) is 0 Å². The van der Waals surface area contributed by atoms with Crippen molar-refractivity contribution in [2.45, 2.75) is 39.0 Å². The molecule has 4 heteroatoms. The van der Waals surface area contributed by atoms with E-state index < -0.39 is 0 Å². The molecule has 4 atom stereocenters. The lowest BCUT2D eigenvalue weighted by Crippen LogP contribution is -2.41. The van der Waals surface area contributed by atoms with Gasteiger partial charge in [0.2, 0.25) is 11.8 Å². The van der Waals surface area contributed by atoms with Crippen molar-refractivity contribution in [2.24, 2.45) is 47.3 Å². The Kier molecular flexibility index (Phi) is 3.48. The summed E-state index contributed by atoms with van der Waals surface area (Å²) in [5, 5.41) is 0.600. The van der Waals surface area contributed by atoms with Gasteiger partial charge in [-0.1, -0.05) is 41.0 Å². The summed E-state index contributed by atoms with van der Waals surface area (Å²) in [5.74, 6) is 3.08. The standard InChI is InChI=1S/C26H26ClNO2/c1-12-2-3-17(11-20(12)27)28-25(29)23-18-4-5-19(24(23)26(28)30)22(18)21-15-7-13-6-14(9-15)10-16(21)8-13/h2-5,11,13-16,18-19,23-24H,6-10H2,1H3/t13?,14?,15?,16?,18-,19-,23-,24+/m0/s1. The molecule has 6 bridgehead atoms. The lowest BCUT2D eigenvalue weighted by atomic mass is 9.53. The molecule has 3 nitrogen and oxygen atoms in total. The number of carbonyl (C=O) groups excluding carboxylic acids is 2. The van der Waals surface area contributed by atoms with Gasteiger partial charge in [0, 0.05) is 16.9 Å². The molecule has 0 radical (unpaired) electrons. The van der Waals surface area contributed by atoms with Gasteiger partial charge >= 0.3 is 0 Å². The summed E-state index contributed by atoms with van der Waals surface area (Å²) in [6.45, 7) is 1.93. The third-order valence-corrected chi connectivity index (χ3v) is 9.59. The molecule has 154 valence electrons. The third kappa shape index (κ3) is 2.12. The molecule has 1 aromatic rings. The van der Waals surface area contributed by atoms with E-state index in [0.29, 0.717) is 10.7 Å². The Labute approximate surface area is 182 Å². The van der Waals surface area contributed by atoms with Crippen molar-refractivity contribution in [1.29, 1.82) is 0 Å². The molecule has 6 aliphatic carbocycles. The summed E-state index contributed by atoms with van der Waals surface area (Å²) in [5.41, 5.74) is 4.75. The van der Waals surface area contributed by atoms with E-state index in [2.05, 4.69) is 12.2 Å². The van der Waals surface area contributed by atoms with Crippen LogP contribution in [0, 0.1) is 54.3 Å². The van der Waals surface area contributed by atoms with Crippen molar-refractivity contribution in [1.82, 2.24) is 0 Å². The van der Waals surface area contributed by atoms with Crippen LogP contribution in [0.15, 0.2) is 41.5 Å². The number of hydrogen-bond acceptors (Lipinski definition) is 2. The molecule has 6 fully saturated rings. The predicted octanol–water partition coefficient (Wildman–Crippen LogP) is 5.32. The van der Waals surface area contributed by atoms with E-state index in [-0.39, 0.29) is 35.5 Å². The molecule has 5 saturated carbocycles. The second kappa shape index (κ2) is 5.88. The summed E-state index contributed by atoms with van der Waals surface area (Å²) < 4.78 is 0. The number of fused-ring (bicyclic) bond motifs is 5. The molecule has 0 aromatic heterocycles. The fourth-order valence-electron chi connectivity index (χ4n) is 8.29. The largest absolute Gasteiger partial charge is 0.274 e. The maximum atomic E-state index is 13.5. The lowest BCUT2D eigenvalue weighted by molar-refractivity contribution is -0.122.